The SMILES string of the molecule is COc1cc(C(=O)NC(=O)[C@@H](CCCN=C(N)N)NC(=O)CN)cc2ccccc12. The van der Waals surface area contributed by atoms with E-state index in [2.05, 4.69) is 15.6 Å². The fourth-order valence-corrected chi connectivity index (χ4v) is 2.87. The minimum atomic E-state index is -0.957. The first kappa shape index (κ1) is 22.6. The lowest BCUT2D eigenvalue weighted by Crippen LogP contribution is -2.49. The van der Waals surface area contributed by atoms with Gasteiger partial charge in [-0.25, -0.2) is 0 Å². The first-order chi connectivity index (χ1) is 14.3. The van der Waals surface area contributed by atoms with Gasteiger partial charge < -0.3 is 27.3 Å². The van der Waals surface area contributed by atoms with Crippen molar-refractivity contribution in [1.82, 2.24) is 10.6 Å². The number of imide groups is 1. The average Bonchev–Trinajstić information content (AvgIpc) is 2.74. The number of nitrogens with one attached hydrogen (secondary N) is 2. The van der Waals surface area contributed by atoms with Gasteiger partial charge in [-0.2, -0.15) is 0 Å². The molecule has 0 fully saturated rings. The van der Waals surface area contributed by atoms with Crippen molar-refractivity contribution in [2.24, 2.45) is 22.2 Å². The van der Waals surface area contributed by atoms with E-state index in [1.54, 1.807) is 12.1 Å². The number of guanidine groups is 1. The smallest absolute Gasteiger partial charge is 0.258 e. The van der Waals surface area contributed by atoms with Crippen LogP contribution in [-0.4, -0.2) is 49.9 Å². The largest absolute Gasteiger partial charge is 0.496 e. The Labute approximate surface area is 173 Å². The number of rotatable bonds is 9. The van der Waals surface area contributed by atoms with Crippen LogP contribution in [0.2, 0.25) is 0 Å². The molecule has 0 aliphatic heterocycles. The van der Waals surface area contributed by atoms with Crippen molar-refractivity contribution in [2.75, 3.05) is 20.2 Å². The van der Waals surface area contributed by atoms with Gasteiger partial charge in [0.15, 0.2) is 5.96 Å². The predicted molar refractivity (Wildman–Crippen MR) is 114 cm³/mol. The number of aliphatic imine (C=N–C) groups is 1. The lowest BCUT2D eigenvalue weighted by atomic mass is 10.0. The number of fused-ring (bicyclic) bond motifs is 1. The lowest BCUT2D eigenvalue weighted by Gasteiger charge is -2.17. The van der Waals surface area contributed by atoms with E-state index in [4.69, 9.17) is 21.9 Å². The van der Waals surface area contributed by atoms with E-state index in [9.17, 15) is 14.4 Å². The van der Waals surface area contributed by atoms with Crippen LogP contribution in [-0.2, 0) is 9.59 Å². The Morgan fingerprint density at radius 2 is 1.90 bits per heavy atom. The van der Waals surface area contributed by atoms with Gasteiger partial charge in [0.25, 0.3) is 5.91 Å². The van der Waals surface area contributed by atoms with Gasteiger partial charge in [0.1, 0.15) is 11.8 Å². The average molecular weight is 414 g/mol. The maximum Gasteiger partial charge on any atom is 0.258 e. The van der Waals surface area contributed by atoms with Gasteiger partial charge >= 0.3 is 0 Å². The van der Waals surface area contributed by atoms with E-state index in [0.717, 1.165) is 10.8 Å². The molecule has 2 aromatic rings. The van der Waals surface area contributed by atoms with E-state index in [1.165, 1.54) is 7.11 Å². The molecule has 0 saturated heterocycles. The summed E-state index contributed by atoms with van der Waals surface area (Å²) in [6, 6.07) is 9.66. The molecule has 0 aromatic heterocycles. The number of hydrogen-bond acceptors (Lipinski definition) is 6. The third-order valence-electron chi connectivity index (χ3n) is 4.33. The molecule has 1 atom stereocenters. The molecule has 160 valence electrons. The Bertz CT molecular complexity index is 955. The van der Waals surface area contributed by atoms with Crippen LogP contribution in [0.4, 0.5) is 0 Å². The monoisotopic (exact) mass is 414 g/mol. The third-order valence-corrected chi connectivity index (χ3v) is 4.33. The second kappa shape index (κ2) is 10.8. The van der Waals surface area contributed by atoms with Crippen molar-refractivity contribution in [3.63, 3.8) is 0 Å². The van der Waals surface area contributed by atoms with E-state index in [0.29, 0.717) is 12.2 Å². The van der Waals surface area contributed by atoms with Crippen molar-refractivity contribution in [3.05, 3.63) is 42.0 Å². The highest BCUT2D eigenvalue weighted by Gasteiger charge is 2.23. The first-order valence-electron chi connectivity index (χ1n) is 9.32. The summed E-state index contributed by atoms with van der Waals surface area (Å²) < 4.78 is 5.35. The first-order valence-corrected chi connectivity index (χ1v) is 9.32. The maximum absolute atomic E-state index is 12.7. The maximum atomic E-state index is 12.7. The Morgan fingerprint density at radius 1 is 1.17 bits per heavy atom. The Morgan fingerprint density at radius 3 is 2.57 bits per heavy atom. The van der Waals surface area contributed by atoms with Crippen molar-refractivity contribution in [1.29, 1.82) is 0 Å². The predicted octanol–water partition coefficient (Wildman–Crippen LogP) is -0.398. The molecule has 0 bridgehead atoms. The fourth-order valence-electron chi connectivity index (χ4n) is 2.87. The quantitative estimate of drug-likeness (QED) is 0.211. The van der Waals surface area contributed by atoms with Gasteiger partial charge in [-0.15, -0.1) is 0 Å². The second-order valence-electron chi connectivity index (χ2n) is 6.49. The number of nitrogens with zero attached hydrogens (tertiary/aromatic N) is 1. The van der Waals surface area contributed by atoms with E-state index < -0.39 is 23.8 Å². The van der Waals surface area contributed by atoms with Gasteiger partial charge in [0, 0.05) is 17.5 Å². The second-order valence-corrected chi connectivity index (χ2v) is 6.49. The zero-order valence-electron chi connectivity index (χ0n) is 16.7. The Hall–Kier alpha value is -3.66. The number of carbonyl (C=O) groups excluding carboxylic acids is 3. The molecule has 2 aromatic carbocycles. The van der Waals surface area contributed by atoms with E-state index >= 15 is 0 Å². The Balaban J connectivity index is 2.15. The standard InChI is InChI=1S/C20H26N6O4/c1-30-16-10-13(9-12-5-2-3-6-14(12)16)18(28)26-19(29)15(25-17(27)11-21)7-4-8-24-20(22)23/h2-3,5-6,9-10,15H,4,7-8,11,21H2,1H3,(H,25,27)(H4,22,23,24)(H,26,28,29)/t15-/m1/s1. The van der Waals surface area contributed by atoms with Gasteiger partial charge in [0.05, 0.1) is 13.7 Å². The zero-order chi connectivity index (χ0) is 22.1. The van der Waals surface area contributed by atoms with Crippen LogP contribution in [0.25, 0.3) is 10.8 Å². The van der Waals surface area contributed by atoms with Crippen LogP contribution in [0.15, 0.2) is 41.4 Å². The molecule has 0 spiro atoms. The summed E-state index contributed by atoms with van der Waals surface area (Å²) in [6.45, 7) is -0.00602. The number of carbonyl (C=O) groups is 3. The van der Waals surface area contributed by atoms with Gasteiger partial charge in [0.2, 0.25) is 11.8 Å². The van der Waals surface area contributed by atoms with Crippen LogP contribution < -0.4 is 32.6 Å². The fraction of sp³-hybridized carbons (Fsp3) is 0.300. The van der Waals surface area contributed by atoms with E-state index in [1.807, 2.05) is 24.3 Å². The van der Waals surface area contributed by atoms with Gasteiger partial charge in [-0.05, 0) is 30.4 Å². The summed E-state index contributed by atoms with van der Waals surface area (Å²) in [4.78, 5) is 40.8. The van der Waals surface area contributed by atoms with Crippen LogP contribution >= 0.6 is 0 Å². The number of ether oxygens (including phenoxy) is 1. The lowest BCUT2D eigenvalue weighted by molar-refractivity contribution is -0.128. The molecular weight excluding hydrogens is 388 g/mol. The summed E-state index contributed by atoms with van der Waals surface area (Å²) in [6.07, 6.45) is 0.640. The summed E-state index contributed by atoms with van der Waals surface area (Å²) in [5.41, 5.74) is 16.1. The molecule has 2 rings (SSSR count). The highest BCUT2D eigenvalue weighted by Crippen LogP contribution is 2.27. The van der Waals surface area contributed by atoms with Crippen molar-refractivity contribution < 1.29 is 19.1 Å². The minimum absolute atomic E-state index is 0.0672. The highest BCUT2D eigenvalue weighted by atomic mass is 16.5. The zero-order valence-corrected chi connectivity index (χ0v) is 16.7. The van der Waals surface area contributed by atoms with Crippen molar-refractivity contribution in [2.45, 2.75) is 18.9 Å². The van der Waals surface area contributed by atoms with Gasteiger partial charge in [-0.1, -0.05) is 24.3 Å². The van der Waals surface area contributed by atoms with Crippen molar-refractivity contribution >= 4 is 34.5 Å². The van der Waals surface area contributed by atoms with Gasteiger partial charge in [-0.3, -0.25) is 24.7 Å². The molecule has 8 N–H and O–H groups in total. The van der Waals surface area contributed by atoms with Crippen molar-refractivity contribution in [3.8, 4) is 5.75 Å². The van der Waals surface area contributed by atoms with Crippen LogP contribution in [0.1, 0.15) is 23.2 Å². The van der Waals surface area contributed by atoms with Crippen LogP contribution in [0.5, 0.6) is 5.75 Å². The molecule has 0 heterocycles. The molecule has 0 unspecified atom stereocenters. The number of benzene rings is 2. The number of methoxy groups -OCH3 is 1. The van der Waals surface area contributed by atoms with Crippen LogP contribution in [0, 0.1) is 0 Å². The molecular formula is C20H26N6O4. The molecule has 0 aliphatic rings. The molecule has 0 aliphatic carbocycles. The van der Waals surface area contributed by atoms with Crippen LogP contribution in [0.3, 0.4) is 0 Å². The summed E-state index contributed by atoms with van der Waals surface area (Å²) in [7, 11) is 1.50. The molecule has 0 radical (unpaired) electrons. The molecule has 0 saturated carbocycles. The molecule has 10 heteroatoms. The number of amides is 3. The third kappa shape index (κ3) is 6.17. The number of nitrogens with two attached hydrogens (primary N) is 3. The molecule has 30 heavy (non-hydrogen) atoms. The summed E-state index contributed by atoms with van der Waals surface area (Å²) in [5.74, 6) is -1.34. The minimum Gasteiger partial charge on any atom is -0.496 e. The molecule has 3 amide bonds. The molecule has 10 nitrogen and oxygen atoms in total. The Kier molecular flexibility index (Phi) is 8.12. The summed E-state index contributed by atoms with van der Waals surface area (Å²) >= 11 is 0. The highest BCUT2D eigenvalue weighted by molar-refractivity contribution is 6.09. The normalized spacial score (nSPS) is 11.4. The topological polar surface area (TPSA) is 175 Å². The van der Waals surface area contributed by atoms with E-state index in [-0.39, 0.29) is 31.0 Å². The summed E-state index contributed by atoms with van der Waals surface area (Å²) in [5, 5.41) is 6.45. The number of hydrogen-bond donors (Lipinski definition) is 5.